The van der Waals surface area contributed by atoms with Crippen molar-refractivity contribution in [3.05, 3.63) is 76.0 Å². The molecule has 1 heterocycles. The van der Waals surface area contributed by atoms with Crippen LogP contribution < -0.4 is 31.3 Å². The fourth-order valence-electron chi connectivity index (χ4n) is 4.26. The number of piperidine rings is 1. The maximum absolute atomic E-state index is 14.1. The lowest BCUT2D eigenvalue weighted by atomic mass is 10.1. The standard InChI is InChI=1S/C29H36Cl2N7O7P/c1-17(32)26(39)34-16-23(36-27(40)24-21(30)10-7-11-22(24)31)25(33)28(41)35-19-12-14-38(15-13-19)46(43,37-18(2)29(42)44-3)45-20-8-5-4-6-9-20/h4-11,16-19,33H,12-15,32H2,1-3H3,(H,34,39)(H,35,41)(H,36,40)(H,37,43)/b23-16+,33-25?/t17-,18-,46?/m0/s1. The molecule has 14 nitrogen and oxygen atoms in total. The number of ether oxygens (including phenoxy) is 1. The molecule has 2 aromatic rings. The van der Waals surface area contributed by atoms with E-state index >= 15 is 0 Å². The lowest BCUT2D eigenvalue weighted by Gasteiger charge is -2.37. The number of esters is 1. The highest BCUT2D eigenvalue weighted by Crippen LogP contribution is 2.48. The predicted octanol–water partition coefficient (Wildman–Crippen LogP) is 2.97. The Morgan fingerprint density at radius 2 is 1.65 bits per heavy atom. The molecule has 1 aliphatic rings. The van der Waals surface area contributed by atoms with Gasteiger partial charge in [-0.1, -0.05) is 47.5 Å². The molecule has 1 fully saturated rings. The van der Waals surface area contributed by atoms with Crippen LogP contribution in [0.2, 0.25) is 10.0 Å². The van der Waals surface area contributed by atoms with Gasteiger partial charge in [-0.15, -0.1) is 0 Å². The Kier molecular flexibility index (Phi) is 13.3. The van der Waals surface area contributed by atoms with Gasteiger partial charge in [0.1, 0.15) is 17.5 Å². The number of halogens is 2. The van der Waals surface area contributed by atoms with Gasteiger partial charge in [-0.25, -0.2) is 14.3 Å². The van der Waals surface area contributed by atoms with Crippen LogP contribution in [0.5, 0.6) is 5.75 Å². The Balaban J connectivity index is 1.72. The van der Waals surface area contributed by atoms with Crippen LogP contribution in [0.1, 0.15) is 37.0 Å². The molecule has 7 N–H and O–H groups in total. The summed E-state index contributed by atoms with van der Waals surface area (Å²) < 4.78 is 26.3. The maximum atomic E-state index is 14.1. The van der Waals surface area contributed by atoms with Crippen molar-refractivity contribution in [2.75, 3.05) is 20.2 Å². The molecular weight excluding hydrogens is 660 g/mol. The number of hydrogen-bond donors (Lipinski definition) is 6. The first-order chi connectivity index (χ1) is 21.7. The van der Waals surface area contributed by atoms with Crippen LogP contribution in [0.15, 0.2) is 60.4 Å². The number of para-hydroxylation sites is 1. The Hall–Kier alpha value is -3.78. The minimum Gasteiger partial charge on any atom is -0.468 e. The highest BCUT2D eigenvalue weighted by atomic mass is 35.5. The van der Waals surface area contributed by atoms with E-state index < -0.39 is 55.2 Å². The van der Waals surface area contributed by atoms with Gasteiger partial charge >= 0.3 is 13.6 Å². The molecule has 0 radical (unpaired) electrons. The van der Waals surface area contributed by atoms with Gasteiger partial charge < -0.3 is 30.9 Å². The normalized spacial score (nSPS) is 16.7. The summed E-state index contributed by atoms with van der Waals surface area (Å²) in [5, 5.41) is 18.9. The number of carbonyl (C=O) groups excluding carboxylic acids is 4. The summed E-state index contributed by atoms with van der Waals surface area (Å²) >= 11 is 12.3. The van der Waals surface area contributed by atoms with Crippen LogP contribution in [-0.2, 0) is 23.7 Å². The maximum Gasteiger partial charge on any atom is 0.393 e. The zero-order valence-corrected chi connectivity index (χ0v) is 27.7. The summed E-state index contributed by atoms with van der Waals surface area (Å²) in [4.78, 5) is 50.4. The van der Waals surface area contributed by atoms with Crippen molar-refractivity contribution in [1.82, 2.24) is 25.7 Å². The first-order valence-corrected chi connectivity index (χ1v) is 16.5. The molecule has 3 atom stereocenters. The van der Waals surface area contributed by atoms with Crippen LogP contribution in [0.25, 0.3) is 0 Å². The van der Waals surface area contributed by atoms with Crippen LogP contribution in [0.3, 0.4) is 0 Å². The summed E-state index contributed by atoms with van der Waals surface area (Å²) in [6.07, 6.45) is 1.60. The van der Waals surface area contributed by atoms with E-state index in [0.717, 1.165) is 6.20 Å². The van der Waals surface area contributed by atoms with Crippen LogP contribution in [-0.4, -0.2) is 72.4 Å². The second-order valence-corrected chi connectivity index (χ2v) is 13.1. The quantitative estimate of drug-likeness (QED) is 0.103. The molecule has 0 spiro atoms. The molecule has 1 unspecified atom stereocenters. The Bertz CT molecular complexity index is 1510. The third-order valence-corrected chi connectivity index (χ3v) is 9.72. The predicted molar refractivity (Wildman–Crippen MR) is 174 cm³/mol. The van der Waals surface area contributed by atoms with E-state index in [-0.39, 0.29) is 34.4 Å². The van der Waals surface area contributed by atoms with E-state index in [9.17, 15) is 23.7 Å². The second-order valence-electron chi connectivity index (χ2n) is 10.3. The second kappa shape index (κ2) is 16.7. The molecule has 0 saturated carbocycles. The van der Waals surface area contributed by atoms with E-state index in [1.807, 2.05) is 0 Å². The van der Waals surface area contributed by atoms with Crippen LogP contribution in [0, 0.1) is 5.41 Å². The van der Waals surface area contributed by atoms with Gasteiger partial charge in [0, 0.05) is 25.3 Å². The summed E-state index contributed by atoms with van der Waals surface area (Å²) in [5.74, 6) is -2.59. The summed E-state index contributed by atoms with van der Waals surface area (Å²) in [6.45, 7) is 3.33. The average molecular weight is 697 g/mol. The van der Waals surface area contributed by atoms with Gasteiger partial charge in [-0.3, -0.25) is 24.6 Å². The number of nitrogens with zero attached hydrogens (tertiary/aromatic N) is 1. The van der Waals surface area contributed by atoms with Crippen molar-refractivity contribution in [2.24, 2.45) is 5.73 Å². The SMILES string of the molecule is COC(=O)[C@H](C)NP(=O)(Oc1ccccc1)N1CCC(NC(=O)C(=N)/C(=C\NC(=O)[C@H](C)N)NC(=O)c2c(Cl)cccc2Cl)CC1. The highest BCUT2D eigenvalue weighted by Gasteiger charge is 2.39. The number of rotatable bonds is 13. The van der Waals surface area contributed by atoms with E-state index in [1.165, 1.54) is 33.1 Å². The average Bonchev–Trinajstić information content (AvgIpc) is 3.02. The van der Waals surface area contributed by atoms with E-state index in [2.05, 4.69) is 21.0 Å². The number of carbonyl (C=O) groups is 4. The molecule has 17 heteroatoms. The molecule has 1 aliphatic heterocycles. The first kappa shape index (κ1) is 36.7. The van der Waals surface area contributed by atoms with Crippen molar-refractivity contribution in [1.29, 1.82) is 5.41 Å². The Labute approximate surface area is 276 Å². The molecular formula is C29H36Cl2N7O7P. The van der Waals surface area contributed by atoms with E-state index in [0.29, 0.717) is 18.6 Å². The molecule has 248 valence electrons. The lowest BCUT2D eigenvalue weighted by molar-refractivity contribution is -0.142. The molecule has 0 aromatic heterocycles. The van der Waals surface area contributed by atoms with Gasteiger partial charge in [-0.2, -0.15) is 0 Å². The van der Waals surface area contributed by atoms with Crippen molar-refractivity contribution in [2.45, 2.75) is 44.8 Å². The minimum absolute atomic E-state index is 0.0377. The number of amides is 3. The van der Waals surface area contributed by atoms with Crippen molar-refractivity contribution in [3.63, 3.8) is 0 Å². The molecule has 3 amide bonds. The van der Waals surface area contributed by atoms with Gasteiger partial charge in [0.15, 0.2) is 0 Å². The fraction of sp³-hybridized carbons (Fsp3) is 0.345. The summed E-state index contributed by atoms with van der Waals surface area (Å²) in [7, 11) is -2.59. The number of hydrogen-bond acceptors (Lipinski definition) is 9. The van der Waals surface area contributed by atoms with E-state index in [4.69, 9.17) is 43.6 Å². The Morgan fingerprint density at radius 1 is 1.04 bits per heavy atom. The first-order valence-electron chi connectivity index (χ1n) is 14.1. The van der Waals surface area contributed by atoms with Gasteiger partial charge in [0.05, 0.1) is 34.5 Å². The monoisotopic (exact) mass is 695 g/mol. The van der Waals surface area contributed by atoms with E-state index in [1.54, 1.807) is 41.1 Å². The van der Waals surface area contributed by atoms with Crippen LogP contribution in [0.4, 0.5) is 0 Å². The third kappa shape index (κ3) is 9.86. The minimum atomic E-state index is -3.82. The molecule has 1 saturated heterocycles. The zero-order valence-electron chi connectivity index (χ0n) is 25.3. The topological polar surface area (TPSA) is 205 Å². The van der Waals surface area contributed by atoms with Crippen LogP contribution >= 0.6 is 30.9 Å². The highest BCUT2D eigenvalue weighted by molar-refractivity contribution is 7.54. The van der Waals surface area contributed by atoms with Gasteiger partial charge in [-0.05, 0) is 51.0 Å². The molecule has 0 bridgehead atoms. The summed E-state index contributed by atoms with van der Waals surface area (Å²) in [6, 6.07) is 10.6. The molecule has 0 aliphatic carbocycles. The Morgan fingerprint density at radius 3 is 2.22 bits per heavy atom. The van der Waals surface area contributed by atoms with Gasteiger partial charge in [0.2, 0.25) is 5.91 Å². The number of methoxy groups -OCH3 is 1. The molecule has 3 rings (SSSR count). The van der Waals surface area contributed by atoms with Gasteiger partial charge in [0.25, 0.3) is 11.8 Å². The largest absolute Gasteiger partial charge is 0.468 e. The molecule has 2 aromatic carbocycles. The third-order valence-electron chi connectivity index (χ3n) is 6.77. The van der Waals surface area contributed by atoms with Crippen molar-refractivity contribution in [3.8, 4) is 5.75 Å². The number of benzene rings is 2. The number of nitrogens with two attached hydrogens (primary N) is 1. The number of nitrogens with one attached hydrogen (secondary N) is 5. The zero-order chi connectivity index (χ0) is 34.0. The van der Waals surface area contributed by atoms with Crippen molar-refractivity contribution < 1.29 is 33.0 Å². The molecule has 46 heavy (non-hydrogen) atoms. The lowest BCUT2D eigenvalue weighted by Crippen LogP contribution is -2.49. The summed E-state index contributed by atoms with van der Waals surface area (Å²) in [5.41, 5.74) is 4.49. The van der Waals surface area contributed by atoms with Crippen molar-refractivity contribution >= 4 is 60.3 Å². The fourth-order valence-corrected chi connectivity index (χ4v) is 6.92. The smallest absolute Gasteiger partial charge is 0.393 e.